The number of hydrogen-bond acceptors (Lipinski definition) is 2. The van der Waals surface area contributed by atoms with Crippen LogP contribution in [0.25, 0.3) is 0 Å². The molecular weight excluding hydrogens is 232 g/mol. The van der Waals surface area contributed by atoms with Gasteiger partial charge in [0.25, 0.3) is 0 Å². The van der Waals surface area contributed by atoms with E-state index in [1.807, 2.05) is 0 Å². The first-order chi connectivity index (χ1) is 8.88. The van der Waals surface area contributed by atoms with Crippen LogP contribution in [0.4, 0.5) is 0 Å². The summed E-state index contributed by atoms with van der Waals surface area (Å²) in [5.41, 5.74) is 6.12. The van der Waals surface area contributed by atoms with E-state index in [1.54, 1.807) is 0 Å². The molecule has 0 radical (unpaired) electrons. The van der Waals surface area contributed by atoms with Crippen molar-refractivity contribution in [3.8, 4) is 0 Å². The summed E-state index contributed by atoms with van der Waals surface area (Å²) in [5.74, 6) is 1.61. The summed E-state index contributed by atoms with van der Waals surface area (Å²) in [6, 6.07) is 0. The second-order valence-electron chi connectivity index (χ2n) is 7.42. The van der Waals surface area contributed by atoms with Crippen LogP contribution in [0.15, 0.2) is 0 Å². The van der Waals surface area contributed by atoms with Crippen molar-refractivity contribution < 1.29 is 0 Å². The van der Waals surface area contributed by atoms with Gasteiger partial charge >= 0.3 is 0 Å². The molecule has 0 heterocycles. The summed E-state index contributed by atoms with van der Waals surface area (Å²) in [6.07, 6.45) is 7.81. The van der Waals surface area contributed by atoms with Crippen molar-refractivity contribution >= 4 is 0 Å². The quantitative estimate of drug-likeness (QED) is 0.552. The molecule has 0 aliphatic rings. The van der Waals surface area contributed by atoms with Crippen molar-refractivity contribution in [3.05, 3.63) is 0 Å². The highest BCUT2D eigenvalue weighted by molar-refractivity contribution is 4.74. The lowest BCUT2D eigenvalue weighted by Gasteiger charge is -2.30. The van der Waals surface area contributed by atoms with Crippen molar-refractivity contribution in [1.29, 1.82) is 0 Å². The van der Waals surface area contributed by atoms with Gasteiger partial charge in [-0.2, -0.15) is 0 Å². The number of hydrogen-bond donors (Lipinski definition) is 2. The molecular formula is C17H38N2. The maximum absolute atomic E-state index is 5.72. The average Bonchev–Trinajstić information content (AvgIpc) is 2.29. The maximum Gasteiger partial charge on any atom is -0.00488 e. The highest BCUT2D eigenvalue weighted by Gasteiger charge is 2.22. The largest absolute Gasteiger partial charge is 0.330 e. The zero-order valence-electron chi connectivity index (χ0n) is 14.1. The highest BCUT2D eigenvalue weighted by atomic mass is 14.8. The summed E-state index contributed by atoms with van der Waals surface area (Å²) in [4.78, 5) is 0. The Morgan fingerprint density at radius 2 is 1.53 bits per heavy atom. The summed E-state index contributed by atoms with van der Waals surface area (Å²) >= 11 is 0. The Bertz CT molecular complexity index is 194. The predicted octanol–water partition coefficient (Wildman–Crippen LogP) is 4.19. The van der Waals surface area contributed by atoms with Crippen LogP contribution in [0.1, 0.15) is 73.1 Å². The van der Waals surface area contributed by atoms with Crippen LogP contribution >= 0.6 is 0 Å². The molecule has 0 aromatic heterocycles. The first-order valence-electron chi connectivity index (χ1n) is 8.28. The molecule has 0 aliphatic carbocycles. The summed E-state index contributed by atoms with van der Waals surface area (Å²) in [5, 5.41) is 3.58. The maximum atomic E-state index is 5.72. The fraction of sp³-hybridized carbons (Fsp3) is 1.00. The first kappa shape index (κ1) is 18.9. The molecule has 116 valence electrons. The second kappa shape index (κ2) is 10.7. The van der Waals surface area contributed by atoms with Gasteiger partial charge < -0.3 is 11.1 Å². The minimum Gasteiger partial charge on any atom is -0.330 e. The summed E-state index contributed by atoms with van der Waals surface area (Å²) in [6.45, 7) is 14.8. The third-order valence-electron chi connectivity index (χ3n) is 4.03. The van der Waals surface area contributed by atoms with Gasteiger partial charge in [0.1, 0.15) is 0 Å². The van der Waals surface area contributed by atoms with Crippen LogP contribution in [-0.4, -0.2) is 19.6 Å². The van der Waals surface area contributed by atoms with Crippen molar-refractivity contribution in [2.75, 3.05) is 19.6 Å². The molecule has 0 fully saturated rings. The van der Waals surface area contributed by atoms with Gasteiger partial charge in [0.05, 0.1) is 0 Å². The van der Waals surface area contributed by atoms with E-state index in [0.29, 0.717) is 5.41 Å². The minimum absolute atomic E-state index is 0.399. The van der Waals surface area contributed by atoms with E-state index in [0.717, 1.165) is 24.8 Å². The molecule has 1 unspecified atom stereocenters. The molecule has 2 heteroatoms. The van der Waals surface area contributed by atoms with E-state index in [1.165, 1.54) is 45.2 Å². The molecule has 0 spiro atoms. The van der Waals surface area contributed by atoms with Crippen LogP contribution in [0, 0.1) is 17.3 Å². The van der Waals surface area contributed by atoms with E-state index in [-0.39, 0.29) is 0 Å². The molecule has 3 N–H and O–H groups in total. The second-order valence-corrected chi connectivity index (χ2v) is 7.42. The van der Waals surface area contributed by atoms with Gasteiger partial charge in [-0.1, -0.05) is 47.5 Å². The number of unbranched alkanes of at least 4 members (excludes halogenated alkanes) is 1. The molecule has 0 bridgehead atoms. The molecule has 0 rings (SSSR count). The molecule has 0 saturated heterocycles. The lowest BCUT2D eigenvalue weighted by molar-refractivity contribution is 0.210. The summed E-state index contributed by atoms with van der Waals surface area (Å²) < 4.78 is 0. The fourth-order valence-electron chi connectivity index (χ4n) is 2.61. The Labute approximate surface area is 121 Å². The number of nitrogens with one attached hydrogen (secondary N) is 1. The molecule has 0 aromatic carbocycles. The normalized spacial score (nSPS) is 14.1. The molecule has 1 atom stereocenters. The van der Waals surface area contributed by atoms with E-state index >= 15 is 0 Å². The van der Waals surface area contributed by atoms with Gasteiger partial charge in [-0.15, -0.1) is 0 Å². The van der Waals surface area contributed by atoms with Gasteiger partial charge in [-0.05, 0) is 62.6 Å². The number of rotatable bonds is 11. The fourth-order valence-corrected chi connectivity index (χ4v) is 2.61. The molecule has 0 aromatic rings. The standard InChI is InChI=1S/C17H38N2/c1-15(2)9-6-7-13-19-14-8-10-16(11-12-18)17(3,4)5/h15-16,19H,6-14,18H2,1-5H3. The highest BCUT2D eigenvalue weighted by Crippen LogP contribution is 2.31. The third kappa shape index (κ3) is 11.4. The average molecular weight is 271 g/mol. The molecule has 2 nitrogen and oxygen atoms in total. The van der Waals surface area contributed by atoms with Crippen LogP contribution in [-0.2, 0) is 0 Å². The lowest BCUT2D eigenvalue weighted by atomic mass is 9.76. The van der Waals surface area contributed by atoms with Crippen LogP contribution < -0.4 is 11.1 Å². The third-order valence-corrected chi connectivity index (χ3v) is 4.03. The van der Waals surface area contributed by atoms with E-state index < -0.39 is 0 Å². The van der Waals surface area contributed by atoms with Crippen molar-refractivity contribution in [2.45, 2.75) is 73.1 Å². The van der Waals surface area contributed by atoms with Crippen LogP contribution in [0.2, 0.25) is 0 Å². The SMILES string of the molecule is CC(C)CCCCNCCCC(CCN)C(C)(C)C. The Morgan fingerprint density at radius 1 is 0.895 bits per heavy atom. The predicted molar refractivity (Wildman–Crippen MR) is 87.4 cm³/mol. The minimum atomic E-state index is 0.399. The van der Waals surface area contributed by atoms with Crippen molar-refractivity contribution in [3.63, 3.8) is 0 Å². The molecule has 0 amide bonds. The van der Waals surface area contributed by atoms with Gasteiger partial charge in [-0.25, -0.2) is 0 Å². The van der Waals surface area contributed by atoms with E-state index in [2.05, 4.69) is 39.9 Å². The van der Waals surface area contributed by atoms with Gasteiger partial charge in [0, 0.05) is 0 Å². The Kier molecular flexibility index (Phi) is 10.6. The number of nitrogens with two attached hydrogens (primary N) is 1. The Morgan fingerprint density at radius 3 is 2.05 bits per heavy atom. The molecule has 19 heavy (non-hydrogen) atoms. The Balaban J connectivity index is 3.50. The van der Waals surface area contributed by atoms with Crippen molar-refractivity contribution in [2.24, 2.45) is 23.0 Å². The first-order valence-corrected chi connectivity index (χ1v) is 8.28. The van der Waals surface area contributed by atoms with Gasteiger partial charge in [0.15, 0.2) is 0 Å². The van der Waals surface area contributed by atoms with Gasteiger partial charge in [0.2, 0.25) is 0 Å². The zero-order chi connectivity index (χ0) is 14.7. The van der Waals surface area contributed by atoms with Crippen molar-refractivity contribution in [1.82, 2.24) is 5.32 Å². The smallest absolute Gasteiger partial charge is 0.00488 e. The zero-order valence-corrected chi connectivity index (χ0v) is 14.1. The van der Waals surface area contributed by atoms with Gasteiger partial charge in [-0.3, -0.25) is 0 Å². The lowest BCUT2D eigenvalue weighted by Crippen LogP contribution is -2.25. The topological polar surface area (TPSA) is 38.0 Å². The van der Waals surface area contributed by atoms with Crippen LogP contribution in [0.3, 0.4) is 0 Å². The van der Waals surface area contributed by atoms with Crippen LogP contribution in [0.5, 0.6) is 0 Å². The van der Waals surface area contributed by atoms with E-state index in [9.17, 15) is 0 Å². The Hall–Kier alpha value is -0.0800. The monoisotopic (exact) mass is 270 g/mol. The molecule has 0 aliphatic heterocycles. The molecule has 0 saturated carbocycles. The summed E-state index contributed by atoms with van der Waals surface area (Å²) in [7, 11) is 0. The van der Waals surface area contributed by atoms with E-state index in [4.69, 9.17) is 5.73 Å².